The van der Waals surface area contributed by atoms with Crippen molar-refractivity contribution in [1.82, 2.24) is 24.9 Å². The molecule has 32 heavy (non-hydrogen) atoms. The first kappa shape index (κ1) is 21.9. The van der Waals surface area contributed by atoms with Crippen molar-refractivity contribution in [2.45, 2.75) is 25.3 Å². The number of hydrogen-bond acceptors (Lipinski definition) is 5. The van der Waals surface area contributed by atoms with Gasteiger partial charge in [-0.3, -0.25) is 19.1 Å². The van der Waals surface area contributed by atoms with Gasteiger partial charge in [-0.2, -0.15) is 5.10 Å². The average Bonchev–Trinajstić information content (AvgIpc) is 3.25. The standard InChI is InChI=1S/C23H29N5O4/c1-14-18(11-27(4)25-14)21(30)28-12-19(22(31)26(2)3)23(13-28)9-8-15-6-7-16(32-5)10-17(15)20(29)24-23/h6-7,10-11,19H,8-9,12-13H2,1-5H3,(H,24,29)/t19-,23-/m1/s1. The largest absolute Gasteiger partial charge is 0.497 e. The van der Waals surface area contributed by atoms with Gasteiger partial charge in [0.15, 0.2) is 0 Å². The summed E-state index contributed by atoms with van der Waals surface area (Å²) in [7, 11) is 6.73. The number of aryl methyl sites for hydroxylation is 3. The minimum absolute atomic E-state index is 0.105. The Kier molecular flexibility index (Phi) is 5.44. The molecule has 2 aromatic rings. The SMILES string of the molecule is COc1ccc2c(c1)C(=O)N[C@]1(CC2)CN(C(=O)c2cn(C)nc2C)C[C@@H]1C(=O)N(C)C. The molecule has 2 atom stereocenters. The lowest BCUT2D eigenvalue weighted by Crippen LogP contribution is -2.57. The van der Waals surface area contributed by atoms with Gasteiger partial charge in [0, 0.05) is 46.0 Å². The predicted molar refractivity (Wildman–Crippen MR) is 118 cm³/mol. The Balaban J connectivity index is 1.70. The topological polar surface area (TPSA) is 96.8 Å². The fourth-order valence-electron chi connectivity index (χ4n) is 4.88. The Hall–Kier alpha value is -3.36. The quantitative estimate of drug-likeness (QED) is 0.770. The van der Waals surface area contributed by atoms with E-state index in [0.717, 1.165) is 5.56 Å². The Morgan fingerprint density at radius 3 is 2.69 bits per heavy atom. The van der Waals surface area contributed by atoms with Crippen molar-refractivity contribution in [1.29, 1.82) is 0 Å². The molecule has 1 aromatic heterocycles. The number of ether oxygens (including phenoxy) is 1. The highest BCUT2D eigenvalue weighted by atomic mass is 16.5. The van der Waals surface area contributed by atoms with E-state index < -0.39 is 11.5 Å². The lowest BCUT2D eigenvalue weighted by molar-refractivity contribution is -0.134. The number of nitrogens with one attached hydrogen (secondary N) is 1. The van der Waals surface area contributed by atoms with Gasteiger partial charge in [0.05, 0.1) is 29.8 Å². The third-order valence-electron chi connectivity index (χ3n) is 6.58. The monoisotopic (exact) mass is 439 g/mol. The molecule has 2 aliphatic heterocycles. The summed E-state index contributed by atoms with van der Waals surface area (Å²) in [5.74, 6) is -0.474. The maximum absolute atomic E-state index is 13.3. The number of methoxy groups -OCH3 is 1. The molecule has 3 heterocycles. The van der Waals surface area contributed by atoms with Crippen molar-refractivity contribution >= 4 is 17.7 Å². The van der Waals surface area contributed by atoms with Gasteiger partial charge in [-0.25, -0.2) is 0 Å². The predicted octanol–water partition coefficient (Wildman–Crippen LogP) is 1.01. The molecule has 170 valence electrons. The number of aromatic nitrogens is 2. The van der Waals surface area contributed by atoms with Crippen LogP contribution in [0.5, 0.6) is 5.75 Å². The van der Waals surface area contributed by atoms with Crippen LogP contribution in [-0.4, -0.2) is 77.1 Å². The van der Waals surface area contributed by atoms with E-state index in [9.17, 15) is 14.4 Å². The summed E-state index contributed by atoms with van der Waals surface area (Å²) in [6, 6.07) is 5.46. The number of likely N-dealkylation sites (tertiary alicyclic amines) is 1. The third-order valence-corrected chi connectivity index (χ3v) is 6.58. The van der Waals surface area contributed by atoms with Crippen LogP contribution in [0.25, 0.3) is 0 Å². The molecule has 0 radical (unpaired) electrons. The fourth-order valence-corrected chi connectivity index (χ4v) is 4.88. The summed E-state index contributed by atoms with van der Waals surface area (Å²) >= 11 is 0. The fraction of sp³-hybridized carbons (Fsp3) is 0.478. The van der Waals surface area contributed by atoms with Crippen LogP contribution >= 0.6 is 0 Å². The highest BCUT2D eigenvalue weighted by molar-refractivity contribution is 5.99. The van der Waals surface area contributed by atoms with Crippen molar-refractivity contribution in [3.05, 3.63) is 46.8 Å². The molecule has 0 bridgehead atoms. The van der Waals surface area contributed by atoms with Gasteiger partial charge in [0.2, 0.25) is 5.91 Å². The lowest BCUT2D eigenvalue weighted by atomic mass is 9.81. The van der Waals surface area contributed by atoms with Gasteiger partial charge >= 0.3 is 0 Å². The number of amides is 3. The van der Waals surface area contributed by atoms with Crippen LogP contribution in [-0.2, 0) is 18.3 Å². The molecule has 1 N–H and O–H groups in total. The van der Waals surface area contributed by atoms with E-state index in [-0.39, 0.29) is 30.8 Å². The van der Waals surface area contributed by atoms with Crippen LogP contribution in [0.15, 0.2) is 24.4 Å². The van der Waals surface area contributed by atoms with Crippen LogP contribution in [0.3, 0.4) is 0 Å². The molecule has 3 amide bonds. The van der Waals surface area contributed by atoms with E-state index in [4.69, 9.17) is 4.74 Å². The second-order valence-electron chi connectivity index (χ2n) is 8.91. The highest BCUT2D eigenvalue weighted by Gasteiger charge is 2.53. The normalized spacial score (nSPS) is 22.3. The third kappa shape index (κ3) is 3.61. The molecule has 9 nitrogen and oxygen atoms in total. The van der Waals surface area contributed by atoms with E-state index in [1.807, 2.05) is 12.1 Å². The first-order valence-corrected chi connectivity index (χ1v) is 10.7. The minimum Gasteiger partial charge on any atom is -0.497 e. The zero-order valence-corrected chi connectivity index (χ0v) is 19.1. The van der Waals surface area contributed by atoms with Gasteiger partial charge in [0.25, 0.3) is 11.8 Å². The number of carbonyl (C=O) groups excluding carboxylic acids is 3. The molecule has 1 aromatic carbocycles. The van der Waals surface area contributed by atoms with Crippen molar-refractivity contribution in [3.8, 4) is 5.75 Å². The maximum Gasteiger partial charge on any atom is 0.257 e. The van der Waals surface area contributed by atoms with Gasteiger partial charge < -0.3 is 19.9 Å². The van der Waals surface area contributed by atoms with Gasteiger partial charge in [-0.05, 0) is 37.5 Å². The number of rotatable bonds is 3. The van der Waals surface area contributed by atoms with Crippen LogP contribution < -0.4 is 10.1 Å². The molecule has 0 saturated carbocycles. The molecule has 4 rings (SSSR count). The Bertz CT molecular complexity index is 1090. The summed E-state index contributed by atoms with van der Waals surface area (Å²) in [6.07, 6.45) is 2.86. The lowest BCUT2D eigenvalue weighted by Gasteiger charge is -2.34. The average molecular weight is 440 g/mol. The van der Waals surface area contributed by atoms with Gasteiger partial charge in [0.1, 0.15) is 5.75 Å². The Morgan fingerprint density at radius 1 is 1.31 bits per heavy atom. The second-order valence-corrected chi connectivity index (χ2v) is 8.91. The molecular formula is C23H29N5O4. The molecular weight excluding hydrogens is 410 g/mol. The van der Waals surface area contributed by atoms with Crippen LogP contribution in [0.2, 0.25) is 0 Å². The maximum atomic E-state index is 13.3. The number of nitrogens with zero attached hydrogens (tertiary/aromatic N) is 4. The van der Waals surface area contributed by atoms with E-state index in [1.165, 1.54) is 4.90 Å². The molecule has 0 unspecified atom stereocenters. The smallest absolute Gasteiger partial charge is 0.257 e. The molecule has 0 aliphatic carbocycles. The summed E-state index contributed by atoms with van der Waals surface area (Å²) in [6.45, 7) is 2.30. The minimum atomic E-state index is -0.851. The molecule has 1 spiro atoms. The van der Waals surface area contributed by atoms with Crippen LogP contribution in [0.1, 0.15) is 38.4 Å². The summed E-state index contributed by atoms with van der Waals surface area (Å²) in [5, 5.41) is 7.42. The summed E-state index contributed by atoms with van der Waals surface area (Å²) in [4.78, 5) is 43.0. The number of benzene rings is 1. The number of carbonyl (C=O) groups is 3. The number of hydrogen-bond donors (Lipinski definition) is 1. The number of fused-ring (bicyclic) bond motifs is 1. The highest BCUT2D eigenvalue weighted by Crippen LogP contribution is 2.37. The van der Waals surface area contributed by atoms with E-state index in [0.29, 0.717) is 35.4 Å². The molecule has 1 saturated heterocycles. The van der Waals surface area contributed by atoms with Crippen molar-refractivity contribution in [2.75, 3.05) is 34.3 Å². The van der Waals surface area contributed by atoms with E-state index in [2.05, 4.69) is 10.4 Å². The summed E-state index contributed by atoms with van der Waals surface area (Å²) in [5.41, 5.74) is 1.75. The van der Waals surface area contributed by atoms with Gasteiger partial charge in [-0.1, -0.05) is 6.07 Å². The van der Waals surface area contributed by atoms with Crippen molar-refractivity contribution in [3.63, 3.8) is 0 Å². The van der Waals surface area contributed by atoms with Crippen LogP contribution in [0, 0.1) is 12.8 Å². The Labute approximate surface area is 187 Å². The van der Waals surface area contributed by atoms with E-state index >= 15 is 0 Å². The van der Waals surface area contributed by atoms with E-state index in [1.54, 1.807) is 57.0 Å². The van der Waals surface area contributed by atoms with Crippen molar-refractivity contribution in [2.24, 2.45) is 13.0 Å². The van der Waals surface area contributed by atoms with Gasteiger partial charge in [-0.15, -0.1) is 0 Å². The Morgan fingerprint density at radius 2 is 2.06 bits per heavy atom. The molecule has 9 heteroatoms. The second kappa shape index (κ2) is 7.96. The zero-order valence-electron chi connectivity index (χ0n) is 19.1. The summed E-state index contributed by atoms with van der Waals surface area (Å²) < 4.78 is 6.89. The zero-order chi connectivity index (χ0) is 23.2. The first-order chi connectivity index (χ1) is 15.1. The molecule has 1 fully saturated rings. The van der Waals surface area contributed by atoms with Crippen molar-refractivity contribution < 1.29 is 19.1 Å². The molecule has 2 aliphatic rings. The first-order valence-electron chi connectivity index (χ1n) is 10.7. The van der Waals surface area contributed by atoms with Crippen LogP contribution in [0.4, 0.5) is 0 Å².